The van der Waals surface area contributed by atoms with E-state index in [1.54, 1.807) is 4.57 Å². The Morgan fingerprint density at radius 1 is 1.58 bits per heavy atom. The van der Waals surface area contributed by atoms with E-state index in [0.717, 1.165) is 13.0 Å². The first kappa shape index (κ1) is 11.7. The fraction of sp³-hybridized carbons (Fsp3) is 0.833. The second kappa shape index (κ2) is 7.32. The minimum absolute atomic E-state index is 0.220. The van der Waals surface area contributed by atoms with Crippen molar-refractivity contribution < 1.29 is 13.6 Å². The maximum atomic E-state index is 11.2. The molecule has 0 unspecified atom stereocenters. The van der Waals surface area contributed by atoms with Crippen LogP contribution in [0.25, 0.3) is 0 Å². The Kier molecular flexibility index (Phi) is 7.12. The molecule has 0 rings (SSSR count). The van der Waals surface area contributed by atoms with Gasteiger partial charge in [-0.1, -0.05) is 6.92 Å². The highest BCUT2D eigenvalue weighted by Gasteiger charge is 2.12. The summed E-state index contributed by atoms with van der Waals surface area (Å²) in [4.78, 5) is 11.2. The highest BCUT2D eigenvalue weighted by Crippen LogP contribution is 1.94. The zero-order valence-electron chi connectivity index (χ0n) is 8.00. The zero-order valence-corrected chi connectivity index (χ0v) is 11.4. The van der Waals surface area contributed by atoms with Crippen LogP contribution in [-0.4, -0.2) is 44.2 Å². The number of ether oxygens (including phenoxy) is 1. The summed E-state index contributed by atoms with van der Waals surface area (Å²) in [5.41, 5.74) is 0. The van der Waals surface area contributed by atoms with Crippen molar-refractivity contribution in [2.45, 2.75) is 20.3 Å². The molecule has 0 spiro atoms. The summed E-state index contributed by atoms with van der Waals surface area (Å²) in [5, 5.41) is 0. The van der Waals surface area contributed by atoms with E-state index in [4.69, 9.17) is 8.85 Å². The van der Waals surface area contributed by atoms with Crippen molar-refractivity contribution in [3.8, 4) is 0 Å². The van der Waals surface area contributed by atoms with Crippen LogP contribution in [0.15, 0.2) is 0 Å². The van der Waals surface area contributed by atoms with Crippen LogP contribution in [0.2, 0.25) is 0 Å². The summed E-state index contributed by atoms with van der Waals surface area (Å²) in [7, 11) is -0.116. The summed E-state index contributed by atoms with van der Waals surface area (Å²) < 4.78 is 11.7. The fourth-order valence-corrected chi connectivity index (χ4v) is 2.74. The Labute approximate surface area is 78.8 Å². The van der Waals surface area contributed by atoms with Crippen molar-refractivity contribution in [3.63, 3.8) is 0 Å². The van der Waals surface area contributed by atoms with E-state index in [-0.39, 0.29) is 6.09 Å². The molecule has 12 heavy (non-hydrogen) atoms. The van der Waals surface area contributed by atoms with E-state index in [0.29, 0.717) is 17.1 Å². The standard InChI is InChI=1S/C6H17NO3Si2/c1-3-5-7(12-10-11)6(8)9-4-2/h3-5,12H2,1-2,11H3. The van der Waals surface area contributed by atoms with Crippen LogP contribution >= 0.6 is 0 Å². The quantitative estimate of drug-likeness (QED) is 0.551. The normalized spacial score (nSPS) is 10.8. The second-order valence-electron chi connectivity index (χ2n) is 2.38. The van der Waals surface area contributed by atoms with Crippen molar-refractivity contribution in [3.05, 3.63) is 0 Å². The number of rotatable bonds is 5. The van der Waals surface area contributed by atoms with Crippen LogP contribution in [-0.2, 0) is 8.85 Å². The van der Waals surface area contributed by atoms with Gasteiger partial charge in [-0.3, -0.25) is 0 Å². The molecular formula is C6H17NO3Si2. The maximum Gasteiger partial charge on any atom is 0.402 e. The molecule has 0 heterocycles. The van der Waals surface area contributed by atoms with Gasteiger partial charge in [0.15, 0.2) is 0 Å². The van der Waals surface area contributed by atoms with Gasteiger partial charge in [-0.05, 0) is 13.3 Å². The Bertz CT molecular complexity index is 128. The van der Waals surface area contributed by atoms with Crippen LogP contribution in [0.4, 0.5) is 4.79 Å². The first-order valence-electron chi connectivity index (χ1n) is 4.16. The fourth-order valence-electron chi connectivity index (χ4n) is 0.849. The van der Waals surface area contributed by atoms with Gasteiger partial charge in [0, 0.05) is 6.54 Å². The van der Waals surface area contributed by atoms with E-state index in [1.807, 2.05) is 13.8 Å². The molecule has 0 fully saturated rings. The molecule has 0 saturated heterocycles. The van der Waals surface area contributed by atoms with Crippen LogP contribution in [0.5, 0.6) is 0 Å². The predicted molar refractivity (Wildman–Crippen MR) is 53.6 cm³/mol. The van der Waals surface area contributed by atoms with Crippen LogP contribution in [0.3, 0.4) is 0 Å². The Hall–Kier alpha value is -0.336. The highest BCUT2D eigenvalue weighted by molar-refractivity contribution is 6.35. The summed E-state index contributed by atoms with van der Waals surface area (Å²) in [6.45, 7) is 5.04. The molecule has 0 atom stereocenters. The third-order valence-electron chi connectivity index (χ3n) is 1.30. The highest BCUT2D eigenvalue weighted by atomic mass is 28.3. The van der Waals surface area contributed by atoms with Gasteiger partial charge in [-0.25, -0.2) is 4.79 Å². The third kappa shape index (κ3) is 4.52. The predicted octanol–water partition coefficient (Wildman–Crippen LogP) is -0.849. The van der Waals surface area contributed by atoms with E-state index in [2.05, 4.69) is 0 Å². The lowest BCUT2D eigenvalue weighted by Gasteiger charge is -2.19. The molecular weight excluding hydrogens is 190 g/mol. The van der Waals surface area contributed by atoms with Crippen molar-refractivity contribution >= 4 is 26.5 Å². The Morgan fingerprint density at radius 3 is 2.67 bits per heavy atom. The molecule has 0 aromatic carbocycles. The molecule has 0 aromatic heterocycles. The van der Waals surface area contributed by atoms with Crippen molar-refractivity contribution in [1.29, 1.82) is 0 Å². The van der Waals surface area contributed by atoms with E-state index >= 15 is 0 Å². The summed E-state index contributed by atoms with van der Waals surface area (Å²) >= 11 is 0. The number of carbonyl (C=O) groups is 1. The molecule has 6 heteroatoms. The molecule has 0 radical (unpaired) electrons. The zero-order chi connectivity index (χ0) is 9.40. The molecule has 0 aromatic rings. The van der Waals surface area contributed by atoms with Crippen LogP contribution in [0, 0.1) is 0 Å². The number of nitrogens with zero attached hydrogens (tertiary/aromatic N) is 1. The summed E-state index contributed by atoms with van der Waals surface area (Å²) in [6.07, 6.45) is 0.735. The molecule has 0 N–H and O–H groups in total. The van der Waals surface area contributed by atoms with Gasteiger partial charge >= 0.3 is 6.09 Å². The third-order valence-corrected chi connectivity index (χ3v) is 3.22. The lowest BCUT2D eigenvalue weighted by Crippen LogP contribution is -2.36. The van der Waals surface area contributed by atoms with E-state index < -0.39 is 9.92 Å². The first-order chi connectivity index (χ1) is 5.76. The number of hydrogen-bond donors (Lipinski definition) is 0. The molecule has 0 bridgehead atoms. The van der Waals surface area contributed by atoms with Crippen LogP contribution < -0.4 is 0 Å². The second-order valence-corrected chi connectivity index (χ2v) is 5.71. The van der Waals surface area contributed by atoms with Gasteiger partial charge in [0.05, 0.1) is 6.61 Å². The molecule has 1 amide bonds. The molecule has 0 aliphatic carbocycles. The molecule has 0 saturated carbocycles. The number of carbonyl (C=O) groups excluding carboxylic acids is 1. The molecule has 72 valence electrons. The average molecular weight is 207 g/mol. The molecule has 0 aliphatic heterocycles. The van der Waals surface area contributed by atoms with Gasteiger partial charge < -0.3 is 13.4 Å². The summed E-state index contributed by atoms with van der Waals surface area (Å²) in [6, 6.07) is 0. The maximum absolute atomic E-state index is 11.2. The van der Waals surface area contributed by atoms with Gasteiger partial charge in [0.1, 0.15) is 10.5 Å². The van der Waals surface area contributed by atoms with Gasteiger partial charge in [0.25, 0.3) is 9.92 Å². The smallest absolute Gasteiger partial charge is 0.402 e. The topological polar surface area (TPSA) is 38.8 Å². The van der Waals surface area contributed by atoms with Gasteiger partial charge in [-0.2, -0.15) is 0 Å². The minimum atomic E-state index is -0.823. The Balaban J connectivity index is 3.81. The van der Waals surface area contributed by atoms with E-state index in [1.165, 1.54) is 0 Å². The Morgan fingerprint density at radius 2 is 2.25 bits per heavy atom. The van der Waals surface area contributed by atoms with Crippen molar-refractivity contribution in [1.82, 2.24) is 4.57 Å². The SMILES string of the molecule is CCCN([SiH2]O[SiH3])C(=O)OCC. The minimum Gasteiger partial charge on any atom is -0.453 e. The average Bonchev–Trinajstić information content (AvgIpc) is 2.04. The van der Waals surface area contributed by atoms with Gasteiger partial charge in [0.2, 0.25) is 0 Å². The molecule has 0 aliphatic rings. The summed E-state index contributed by atoms with van der Waals surface area (Å²) in [5.74, 6) is 0. The van der Waals surface area contributed by atoms with Gasteiger partial charge in [-0.15, -0.1) is 0 Å². The first-order valence-corrected chi connectivity index (χ1v) is 6.19. The largest absolute Gasteiger partial charge is 0.453 e. The molecule has 4 nitrogen and oxygen atoms in total. The number of hydrogen-bond acceptors (Lipinski definition) is 3. The lowest BCUT2D eigenvalue weighted by atomic mass is 10.5. The van der Waals surface area contributed by atoms with Crippen molar-refractivity contribution in [2.75, 3.05) is 13.2 Å². The van der Waals surface area contributed by atoms with E-state index in [9.17, 15) is 4.79 Å². The van der Waals surface area contributed by atoms with Crippen molar-refractivity contribution in [2.24, 2.45) is 0 Å². The lowest BCUT2D eigenvalue weighted by molar-refractivity contribution is 0.128. The number of amides is 1. The van der Waals surface area contributed by atoms with Crippen LogP contribution in [0.1, 0.15) is 20.3 Å². The monoisotopic (exact) mass is 207 g/mol.